The number of carbonyl (C=O) groups is 1. The van der Waals surface area contributed by atoms with Gasteiger partial charge in [-0.15, -0.1) is 0 Å². The number of anilines is 2. The summed E-state index contributed by atoms with van der Waals surface area (Å²) in [6, 6.07) is 6.10. The lowest BCUT2D eigenvalue weighted by atomic mass is 10.0. The lowest BCUT2D eigenvalue weighted by Gasteiger charge is -2.38. The van der Waals surface area contributed by atoms with Crippen LogP contribution in [0.2, 0.25) is 10.0 Å². The predicted molar refractivity (Wildman–Crippen MR) is 132 cm³/mol. The van der Waals surface area contributed by atoms with E-state index in [1.54, 1.807) is 25.2 Å². The van der Waals surface area contributed by atoms with Gasteiger partial charge < -0.3 is 19.5 Å². The van der Waals surface area contributed by atoms with Crippen LogP contribution in [0.5, 0.6) is 0 Å². The Morgan fingerprint density at radius 1 is 1.09 bits per heavy atom. The van der Waals surface area contributed by atoms with E-state index in [4.69, 9.17) is 23.2 Å². The first-order chi connectivity index (χ1) is 16.7. The number of fused-ring (bicyclic) bond motifs is 3. The fourth-order valence-corrected chi connectivity index (χ4v) is 4.92. The number of hydrogen-bond acceptors (Lipinski definition) is 5. The second kappa shape index (κ2) is 8.66. The van der Waals surface area contributed by atoms with E-state index in [0.29, 0.717) is 37.4 Å². The molecule has 7 nitrogen and oxygen atoms in total. The van der Waals surface area contributed by atoms with Crippen LogP contribution < -0.4 is 15.2 Å². The Balaban J connectivity index is 1.59. The molecule has 1 saturated heterocycles. The standard InChI is InChI=1S/C24H18Cl2F2N4O3/c1-30-11-14(24(34)35)23(33)19-13-9-17(20(26)21(28)22(13)29-10-18(19)30)32-6-4-31(5-7-32)12-2-3-16(27)15(25)8-12/h2-3,8-11H,4-7H2,1H3,(H,34,35). The highest BCUT2D eigenvalue weighted by Gasteiger charge is 2.25. The smallest absolute Gasteiger partial charge is 0.341 e. The molecule has 0 aliphatic carbocycles. The number of aryl methyl sites for hydroxylation is 1. The zero-order valence-corrected chi connectivity index (χ0v) is 19.9. The highest BCUT2D eigenvalue weighted by molar-refractivity contribution is 6.34. The van der Waals surface area contributed by atoms with Gasteiger partial charge in [0.15, 0.2) is 5.82 Å². The molecule has 0 unspecified atom stereocenters. The molecule has 1 aliphatic rings. The Hall–Kier alpha value is -3.43. The van der Waals surface area contributed by atoms with Gasteiger partial charge in [0, 0.05) is 50.5 Å². The molecule has 1 N–H and O–H groups in total. The SMILES string of the molecule is Cn1cc(C(=O)O)c(=O)c2c3cc(N4CCN(c5ccc(F)c(Cl)c5)CC4)c(Cl)c(F)c3ncc21. The van der Waals surface area contributed by atoms with Gasteiger partial charge in [-0.25, -0.2) is 13.6 Å². The molecule has 5 rings (SSSR count). The minimum Gasteiger partial charge on any atom is -0.477 e. The summed E-state index contributed by atoms with van der Waals surface area (Å²) in [7, 11) is 1.59. The number of carboxylic acid groups (broad SMARTS) is 1. The molecule has 0 radical (unpaired) electrons. The first-order valence-corrected chi connectivity index (χ1v) is 11.4. The van der Waals surface area contributed by atoms with Crippen molar-refractivity contribution in [3.63, 3.8) is 0 Å². The molecule has 11 heteroatoms. The molecule has 35 heavy (non-hydrogen) atoms. The molecule has 2 aromatic heterocycles. The Morgan fingerprint density at radius 2 is 1.77 bits per heavy atom. The number of aromatic nitrogens is 2. The van der Waals surface area contributed by atoms with E-state index < -0.39 is 28.6 Å². The predicted octanol–water partition coefficient (Wildman–Crippen LogP) is 4.70. The number of rotatable bonds is 3. The summed E-state index contributed by atoms with van der Waals surface area (Å²) in [5.74, 6) is -2.65. The molecule has 180 valence electrons. The zero-order chi connectivity index (χ0) is 25.0. The normalized spacial score (nSPS) is 14.2. The second-order valence-electron chi connectivity index (χ2n) is 8.30. The van der Waals surface area contributed by atoms with Gasteiger partial charge in [-0.3, -0.25) is 9.78 Å². The van der Waals surface area contributed by atoms with Crippen molar-refractivity contribution in [3.05, 3.63) is 74.1 Å². The molecule has 1 fully saturated rings. The van der Waals surface area contributed by atoms with Gasteiger partial charge in [0.05, 0.1) is 27.8 Å². The van der Waals surface area contributed by atoms with E-state index in [9.17, 15) is 19.1 Å². The average Bonchev–Trinajstić information content (AvgIpc) is 2.84. The van der Waals surface area contributed by atoms with Gasteiger partial charge >= 0.3 is 5.97 Å². The third-order valence-corrected chi connectivity index (χ3v) is 6.95. The quantitative estimate of drug-likeness (QED) is 0.396. The minimum atomic E-state index is -1.37. The van der Waals surface area contributed by atoms with Crippen LogP contribution in [0.1, 0.15) is 10.4 Å². The van der Waals surface area contributed by atoms with Crippen molar-refractivity contribution in [3.8, 4) is 0 Å². The van der Waals surface area contributed by atoms with Crippen molar-refractivity contribution in [1.82, 2.24) is 9.55 Å². The van der Waals surface area contributed by atoms with Crippen LogP contribution in [-0.4, -0.2) is 46.8 Å². The van der Waals surface area contributed by atoms with Gasteiger partial charge in [0.25, 0.3) is 0 Å². The number of nitrogens with zero attached hydrogens (tertiary/aromatic N) is 4. The summed E-state index contributed by atoms with van der Waals surface area (Å²) < 4.78 is 30.4. The summed E-state index contributed by atoms with van der Waals surface area (Å²) in [6.07, 6.45) is 2.55. The maximum Gasteiger partial charge on any atom is 0.341 e. The average molecular weight is 519 g/mol. The van der Waals surface area contributed by atoms with E-state index in [2.05, 4.69) is 4.98 Å². The van der Waals surface area contributed by atoms with E-state index in [1.165, 1.54) is 23.0 Å². The van der Waals surface area contributed by atoms with E-state index in [1.807, 2.05) is 9.80 Å². The summed E-state index contributed by atoms with van der Waals surface area (Å²) in [4.78, 5) is 32.7. The van der Waals surface area contributed by atoms with Crippen LogP contribution in [0.3, 0.4) is 0 Å². The van der Waals surface area contributed by atoms with Crippen LogP contribution >= 0.6 is 23.2 Å². The third kappa shape index (κ3) is 3.84. The molecule has 2 aromatic carbocycles. The highest BCUT2D eigenvalue weighted by atomic mass is 35.5. The summed E-state index contributed by atoms with van der Waals surface area (Å²) in [6.45, 7) is 2.01. The molecular formula is C24H18Cl2F2N4O3. The molecule has 0 saturated carbocycles. The van der Waals surface area contributed by atoms with E-state index in [-0.39, 0.29) is 26.3 Å². The Kier molecular flexibility index (Phi) is 5.77. The van der Waals surface area contributed by atoms with Crippen LogP contribution in [0.4, 0.5) is 20.2 Å². The summed E-state index contributed by atoms with van der Waals surface area (Å²) in [5, 5.41) is 9.62. The van der Waals surface area contributed by atoms with Crippen LogP contribution in [0.15, 0.2) is 41.5 Å². The number of halogens is 4. The van der Waals surface area contributed by atoms with Gasteiger partial charge in [0.2, 0.25) is 5.43 Å². The zero-order valence-electron chi connectivity index (χ0n) is 18.4. The lowest BCUT2D eigenvalue weighted by molar-refractivity contribution is 0.0695. The Bertz CT molecular complexity index is 1580. The van der Waals surface area contributed by atoms with Crippen LogP contribution in [0.25, 0.3) is 21.8 Å². The lowest BCUT2D eigenvalue weighted by Crippen LogP contribution is -2.46. The fourth-order valence-electron chi connectivity index (χ4n) is 4.48. The molecule has 0 spiro atoms. The molecule has 3 heterocycles. The van der Waals surface area contributed by atoms with Crippen LogP contribution in [-0.2, 0) is 7.05 Å². The van der Waals surface area contributed by atoms with Crippen molar-refractivity contribution in [2.45, 2.75) is 0 Å². The number of pyridine rings is 2. The molecule has 0 amide bonds. The summed E-state index contributed by atoms with van der Waals surface area (Å²) in [5.41, 5.74) is 0.278. The number of benzene rings is 2. The monoisotopic (exact) mass is 518 g/mol. The Labute approximate surface area is 207 Å². The first kappa shape index (κ1) is 23.3. The van der Waals surface area contributed by atoms with E-state index >= 15 is 4.39 Å². The van der Waals surface area contributed by atoms with Gasteiger partial charge in [0.1, 0.15) is 21.9 Å². The minimum absolute atomic E-state index is 0.0336. The van der Waals surface area contributed by atoms with E-state index in [0.717, 1.165) is 5.69 Å². The van der Waals surface area contributed by atoms with Crippen LogP contribution in [0, 0.1) is 11.6 Å². The largest absolute Gasteiger partial charge is 0.477 e. The number of aromatic carboxylic acids is 1. The first-order valence-electron chi connectivity index (χ1n) is 10.7. The Morgan fingerprint density at radius 3 is 2.43 bits per heavy atom. The highest BCUT2D eigenvalue weighted by Crippen LogP contribution is 2.37. The number of carboxylic acids is 1. The maximum atomic E-state index is 15.4. The fraction of sp³-hybridized carbons (Fsp3) is 0.208. The molecule has 1 aliphatic heterocycles. The van der Waals surface area contributed by atoms with Gasteiger partial charge in [-0.05, 0) is 24.3 Å². The van der Waals surface area contributed by atoms with Crippen molar-refractivity contribution >= 4 is 62.4 Å². The molecular weight excluding hydrogens is 501 g/mol. The van der Waals surface area contributed by atoms with Gasteiger partial charge in [-0.2, -0.15) is 0 Å². The third-order valence-electron chi connectivity index (χ3n) is 6.30. The molecule has 4 aromatic rings. The topological polar surface area (TPSA) is 78.7 Å². The van der Waals surface area contributed by atoms with Crippen molar-refractivity contribution < 1.29 is 18.7 Å². The second-order valence-corrected chi connectivity index (χ2v) is 9.08. The maximum absolute atomic E-state index is 15.4. The molecule has 0 bridgehead atoms. The van der Waals surface area contributed by atoms with Crippen molar-refractivity contribution in [2.24, 2.45) is 7.05 Å². The summed E-state index contributed by atoms with van der Waals surface area (Å²) >= 11 is 12.3. The van der Waals surface area contributed by atoms with Crippen molar-refractivity contribution in [2.75, 3.05) is 36.0 Å². The number of hydrogen-bond donors (Lipinski definition) is 1. The van der Waals surface area contributed by atoms with Gasteiger partial charge in [-0.1, -0.05) is 23.2 Å². The molecule has 0 atom stereocenters. The number of piperazine rings is 1. The van der Waals surface area contributed by atoms with Crippen molar-refractivity contribution in [1.29, 1.82) is 0 Å².